The summed E-state index contributed by atoms with van der Waals surface area (Å²) in [5, 5.41) is 2.94. The molecule has 0 bridgehead atoms. The fourth-order valence-corrected chi connectivity index (χ4v) is 2.45. The van der Waals surface area contributed by atoms with Gasteiger partial charge in [0.05, 0.1) is 12.7 Å². The highest BCUT2D eigenvalue weighted by Crippen LogP contribution is 2.19. The summed E-state index contributed by atoms with van der Waals surface area (Å²) in [5.41, 5.74) is 1.63. The number of hydrogen-bond acceptors (Lipinski definition) is 3. The third kappa shape index (κ3) is 4.74. The third-order valence-corrected chi connectivity index (χ3v) is 3.67. The maximum atomic E-state index is 11.8. The molecule has 1 aromatic carbocycles. The molecule has 2 rings (SSSR count). The van der Waals surface area contributed by atoms with E-state index in [9.17, 15) is 9.59 Å². The van der Waals surface area contributed by atoms with Crippen molar-refractivity contribution in [3.05, 3.63) is 47.5 Å². The number of rotatable bonds is 6. The topological polar surface area (TPSA) is 55.4 Å². The Morgan fingerprint density at radius 1 is 1.29 bits per heavy atom. The summed E-state index contributed by atoms with van der Waals surface area (Å²) in [5.74, 6) is 0.182. The highest BCUT2D eigenvalue weighted by Gasteiger charge is 2.13. The van der Waals surface area contributed by atoms with E-state index in [0.717, 1.165) is 24.8 Å². The summed E-state index contributed by atoms with van der Waals surface area (Å²) in [6.45, 7) is 0.618. The van der Waals surface area contributed by atoms with Gasteiger partial charge in [0.15, 0.2) is 0 Å². The van der Waals surface area contributed by atoms with Crippen LogP contribution in [0.25, 0.3) is 0 Å². The summed E-state index contributed by atoms with van der Waals surface area (Å²) in [6.07, 6.45) is 7.78. The fraction of sp³-hybridized carbons (Fsp3) is 0.412. The van der Waals surface area contributed by atoms with Crippen LogP contribution in [0.2, 0.25) is 0 Å². The number of benzene rings is 1. The van der Waals surface area contributed by atoms with Crippen molar-refractivity contribution in [2.75, 3.05) is 13.7 Å². The summed E-state index contributed by atoms with van der Waals surface area (Å²) in [4.78, 5) is 23.1. The Balaban J connectivity index is 1.71. The molecule has 1 amide bonds. The predicted octanol–water partition coefficient (Wildman–Crippen LogP) is 2.49. The van der Waals surface area contributed by atoms with Crippen LogP contribution in [-0.4, -0.2) is 25.5 Å². The molecule has 1 aliphatic rings. The first-order chi connectivity index (χ1) is 10.2. The molecule has 0 saturated heterocycles. The van der Waals surface area contributed by atoms with E-state index in [2.05, 4.69) is 22.2 Å². The largest absolute Gasteiger partial charge is 0.465 e. The van der Waals surface area contributed by atoms with Crippen LogP contribution in [0.1, 0.15) is 35.2 Å². The first-order valence-electron chi connectivity index (χ1n) is 7.29. The molecule has 4 nitrogen and oxygen atoms in total. The number of carbonyl (C=O) groups excluding carboxylic acids is 2. The molecule has 0 aromatic heterocycles. The smallest absolute Gasteiger partial charge is 0.337 e. The Bertz CT molecular complexity index is 519. The van der Waals surface area contributed by atoms with E-state index in [4.69, 9.17) is 0 Å². The highest BCUT2D eigenvalue weighted by molar-refractivity contribution is 5.89. The van der Waals surface area contributed by atoms with Crippen molar-refractivity contribution in [2.24, 2.45) is 5.92 Å². The van der Waals surface area contributed by atoms with Gasteiger partial charge in [0.25, 0.3) is 0 Å². The number of esters is 1. The molecular formula is C17H21NO3. The summed E-state index contributed by atoms with van der Waals surface area (Å²) in [7, 11) is 1.37. The van der Waals surface area contributed by atoms with E-state index in [1.807, 2.05) is 12.1 Å². The van der Waals surface area contributed by atoms with Gasteiger partial charge in [-0.25, -0.2) is 4.79 Å². The van der Waals surface area contributed by atoms with E-state index in [1.165, 1.54) is 7.11 Å². The van der Waals surface area contributed by atoms with Gasteiger partial charge in [-0.15, -0.1) is 0 Å². The number of amides is 1. The summed E-state index contributed by atoms with van der Waals surface area (Å²) in [6, 6.07) is 7.26. The Labute approximate surface area is 125 Å². The SMILES string of the molecule is COC(=O)c1ccc(CCNC(=O)C[C@@H]2C=CCC2)cc1. The van der Waals surface area contributed by atoms with Crippen molar-refractivity contribution in [2.45, 2.75) is 25.7 Å². The van der Waals surface area contributed by atoms with E-state index >= 15 is 0 Å². The predicted molar refractivity (Wildman–Crippen MR) is 81.0 cm³/mol. The van der Waals surface area contributed by atoms with Gasteiger partial charge >= 0.3 is 5.97 Å². The lowest BCUT2D eigenvalue weighted by molar-refractivity contribution is -0.121. The van der Waals surface area contributed by atoms with Crippen molar-refractivity contribution in [1.82, 2.24) is 5.32 Å². The summed E-state index contributed by atoms with van der Waals surface area (Å²) < 4.78 is 4.65. The third-order valence-electron chi connectivity index (χ3n) is 3.67. The quantitative estimate of drug-likeness (QED) is 0.646. The van der Waals surface area contributed by atoms with Gasteiger partial charge < -0.3 is 10.1 Å². The minimum atomic E-state index is -0.334. The molecule has 1 N–H and O–H groups in total. The van der Waals surface area contributed by atoms with Crippen LogP contribution in [0, 0.1) is 5.92 Å². The van der Waals surface area contributed by atoms with Crippen molar-refractivity contribution in [1.29, 1.82) is 0 Å². The van der Waals surface area contributed by atoms with E-state index in [1.54, 1.807) is 12.1 Å². The number of allylic oxidation sites excluding steroid dienone is 2. The lowest BCUT2D eigenvalue weighted by Crippen LogP contribution is -2.27. The first kappa shape index (κ1) is 15.3. The molecule has 1 atom stereocenters. The number of nitrogens with one attached hydrogen (secondary N) is 1. The van der Waals surface area contributed by atoms with Gasteiger partial charge in [-0.3, -0.25) is 4.79 Å². The van der Waals surface area contributed by atoms with Crippen molar-refractivity contribution in [3.8, 4) is 0 Å². The van der Waals surface area contributed by atoms with E-state index in [0.29, 0.717) is 24.4 Å². The average Bonchev–Trinajstić information content (AvgIpc) is 3.00. The van der Waals surface area contributed by atoms with Crippen molar-refractivity contribution >= 4 is 11.9 Å². The first-order valence-corrected chi connectivity index (χ1v) is 7.29. The van der Waals surface area contributed by atoms with Crippen LogP contribution >= 0.6 is 0 Å². The maximum Gasteiger partial charge on any atom is 0.337 e. The van der Waals surface area contributed by atoms with Crippen LogP contribution in [0.3, 0.4) is 0 Å². The molecular weight excluding hydrogens is 266 g/mol. The van der Waals surface area contributed by atoms with Crippen molar-refractivity contribution in [3.63, 3.8) is 0 Å². The molecule has 0 radical (unpaired) electrons. The normalized spacial score (nSPS) is 16.7. The average molecular weight is 287 g/mol. The molecule has 0 aliphatic heterocycles. The molecule has 0 saturated carbocycles. The van der Waals surface area contributed by atoms with E-state index < -0.39 is 0 Å². The highest BCUT2D eigenvalue weighted by atomic mass is 16.5. The summed E-state index contributed by atoms with van der Waals surface area (Å²) >= 11 is 0. The molecule has 21 heavy (non-hydrogen) atoms. The second-order valence-electron chi connectivity index (χ2n) is 5.26. The van der Waals surface area contributed by atoms with Crippen LogP contribution in [0.5, 0.6) is 0 Å². The standard InChI is InChI=1S/C17H21NO3/c1-21-17(20)15-8-6-13(7-9-15)10-11-18-16(19)12-14-4-2-3-5-14/h2,4,6-9,14H,3,5,10-12H2,1H3,(H,18,19)/t14-/m1/s1. The Kier molecular flexibility index (Phi) is 5.55. The van der Waals surface area contributed by atoms with Gasteiger partial charge in [0.2, 0.25) is 5.91 Å². The van der Waals surface area contributed by atoms with Gasteiger partial charge in [-0.2, -0.15) is 0 Å². The van der Waals surface area contributed by atoms with Crippen LogP contribution < -0.4 is 5.32 Å². The number of methoxy groups -OCH3 is 1. The lowest BCUT2D eigenvalue weighted by Gasteiger charge is -2.09. The van der Waals surface area contributed by atoms with Crippen molar-refractivity contribution < 1.29 is 14.3 Å². The molecule has 4 heteroatoms. The second kappa shape index (κ2) is 7.62. The zero-order valence-corrected chi connectivity index (χ0v) is 12.3. The van der Waals surface area contributed by atoms with Gasteiger partial charge in [-0.1, -0.05) is 24.3 Å². The Hall–Kier alpha value is -2.10. The molecule has 1 aliphatic carbocycles. The molecule has 0 fully saturated rings. The zero-order valence-electron chi connectivity index (χ0n) is 12.3. The van der Waals surface area contributed by atoms with Crippen LogP contribution in [-0.2, 0) is 16.0 Å². The number of ether oxygens (including phenoxy) is 1. The minimum absolute atomic E-state index is 0.109. The molecule has 0 heterocycles. The number of carbonyl (C=O) groups is 2. The molecule has 1 aromatic rings. The molecule has 0 spiro atoms. The van der Waals surface area contributed by atoms with Crippen LogP contribution in [0.4, 0.5) is 0 Å². The Morgan fingerprint density at radius 2 is 2.05 bits per heavy atom. The minimum Gasteiger partial charge on any atom is -0.465 e. The maximum absolute atomic E-state index is 11.8. The van der Waals surface area contributed by atoms with E-state index in [-0.39, 0.29) is 11.9 Å². The monoisotopic (exact) mass is 287 g/mol. The lowest BCUT2D eigenvalue weighted by atomic mass is 10.0. The van der Waals surface area contributed by atoms with Gasteiger partial charge in [-0.05, 0) is 42.9 Å². The zero-order chi connectivity index (χ0) is 15.1. The number of hydrogen-bond donors (Lipinski definition) is 1. The van der Waals surface area contributed by atoms with Gasteiger partial charge in [0.1, 0.15) is 0 Å². The van der Waals surface area contributed by atoms with Gasteiger partial charge in [0, 0.05) is 13.0 Å². The fourth-order valence-electron chi connectivity index (χ4n) is 2.45. The second-order valence-corrected chi connectivity index (χ2v) is 5.26. The molecule has 112 valence electrons. The Morgan fingerprint density at radius 3 is 2.67 bits per heavy atom. The van der Waals surface area contributed by atoms with Crippen LogP contribution in [0.15, 0.2) is 36.4 Å². The molecule has 0 unspecified atom stereocenters.